The van der Waals surface area contributed by atoms with Gasteiger partial charge in [-0.2, -0.15) is 0 Å². The summed E-state index contributed by atoms with van der Waals surface area (Å²) in [5.74, 6) is 0. The van der Waals surface area contributed by atoms with Crippen molar-refractivity contribution in [1.29, 1.82) is 0 Å². The Kier molecular flexibility index (Phi) is 2.15. The van der Waals surface area contributed by atoms with Crippen LogP contribution in [0.4, 0.5) is 0 Å². The molecule has 1 aliphatic rings. The molecule has 0 bridgehead atoms. The van der Waals surface area contributed by atoms with Gasteiger partial charge in [0.2, 0.25) is 0 Å². The van der Waals surface area contributed by atoms with Crippen molar-refractivity contribution in [2.45, 2.75) is 19.8 Å². The minimum Gasteiger partial charge on any atom is -0.377 e. The van der Waals surface area contributed by atoms with E-state index in [1.54, 1.807) is 0 Å². The zero-order valence-electron chi connectivity index (χ0n) is 6.06. The summed E-state index contributed by atoms with van der Waals surface area (Å²) in [7, 11) is 0. The first kappa shape index (κ1) is 6.66. The van der Waals surface area contributed by atoms with E-state index in [9.17, 15) is 0 Å². The van der Waals surface area contributed by atoms with E-state index >= 15 is 0 Å². The predicted octanol–water partition coefficient (Wildman–Crippen LogP) is 1.82. The molecule has 0 aromatic carbocycles. The van der Waals surface area contributed by atoms with Crippen molar-refractivity contribution in [2.75, 3.05) is 13.1 Å². The fourth-order valence-corrected chi connectivity index (χ4v) is 1.18. The molecule has 1 fully saturated rings. The molecule has 51 valence electrons. The van der Waals surface area contributed by atoms with Crippen LogP contribution in [-0.4, -0.2) is 18.0 Å². The lowest BCUT2D eigenvalue weighted by Crippen LogP contribution is -2.10. The van der Waals surface area contributed by atoms with Crippen molar-refractivity contribution in [3.63, 3.8) is 0 Å². The van der Waals surface area contributed by atoms with Gasteiger partial charge in [-0.3, -0.25) is 0 Å². The highest BCUT2D eigenvalue weighted by Crippen LogP contribution is 2.08. The maximum atomic E-state index is 3.82. The summed E-state index contributed by atoms with van der Waals surface area (Å²) in [6, 6.07) is 0. The standard InChI is InChI=1S/C8H14N/c1-8(2)7-9-5-3-4-6-9/h7H,1,3-6H2,2H3. The van der Waals surface area contributed by atoms with Gasteiger partial charge in [0.1, 0.15) is 0 Å². The van der Waals surface area contributed by atoms with Gasteiger partial charge in [-0.1, -0.05) is 5.57 Å². The zero-order chi connectivity index (χ0) is 6.69. The van der Waals surface area contributed by atoms with E-state index in [0.29, 0.717) is 0 Å². The molecule has 0 spiro atoms. The van der Waals surface area contributed by atoms with Gasteiger partial charge < -0.3 is 4.90 Å². The van der Waals surface area contributed by atoms with Crippen LogP contribution in [0.3, 0.4) is 0 Å². The van der Waals surface area contributed by atoms with E-state index in [2.05, 4.69) is 18.0 Å². The first-order valence-corrected chi connectivity index (χ1v) is 3.53. The lowest BCUT2D eigenvalue weighted by atomic mass is 10.4. The molecule has 0 N–H and O–H groups in total. The molecule has 1 heterocycles. The molecule has 0 amide bonds. The Morgan fingerprint density at radius 1 is 1.44 bits per heavy atom. The summed E-state index contributed by atoms with van der Waals surface area (Å²) in [6.45, 7) is 8.32. The molecule has 0 aromatic heterocycles. The number of nitrogens with zero attached hydrogens (tertiary/aromatic N) is 1. The monoisotopic (exact) mass is 124 g/mol. The third kappa shape index (κ3) is 2.08. The molecule has 1 saturated heterocycles. The molecule has 1 aliphatic heterocycles. The minimum absolute atomic E-state index is 1.16. The van der Waals surface area contributed by atoms with Gasteiger partial charge in [-0.15, -0.1) is 0 Å². The molecule has 1 rings (SSSR count). The Hall–Kier alpha value is -0.460. The predicted molar refractivity (Wildman–Crippen MR) is 39.9 cm³/mol. The third-order valence-corrected chi connectivity index (χ3v) is 1.54. The highest BCUT2D eigenvalue weighted by atomic mass is 15.1. The van der Waals surface area contributed by atoms with Gasteiger partial charge in [0.05, 0.1) is 0 Å². The molecule has 0 unspecified atom stereocenters. The molecular weight excluding hydrogens is 110 g/mol. The highest BCUT2D eigenvalue weighted by molar-refractivity contribution is 5.01. The quantitative estimate of drug-likeness (QED) is 0.515. The summed E-state index contributed by atoms with van der Waals surface area (Å²) in [5, 5.41) is 0. The number of hydrogen-bond donors (Lipinski definition) is 0. The smallest absolute Gasteiger partial charge is 0.0173 e. The van der Waals surface area contributed by atoms with Gasteiger partial charge in [0.15, 0.2) is 0 Å². The number of rotatable bonds is 1. The maximum Gasteiger partial charge on any atom is 0.0173 e. The number of likely N-dealkylation sites (tertiary alicyclic amines) is 1. The van der Waals surface area contributed by atoms with Crippen LogP contribution in [0.15, 0.2) is 11.8 Å². The van der Waals surface area contributed by atoms with E-state index in [4.69, 9.17) is 0 Å². The topological polar surface area (TPSA) is 3.24 Å². The van der Waals surface area contributed by atoms with Gasteiger partial charge in [-0.25, -0.2) is 0 Å². The second-order valence-electron chi connectivity index (χ2n) is 2.72. The maximum absolute atomic E-state index is 3.82. The van der Waals surface area contributed by atoms with Crippen molar-refractivity contribution in [3.05, 3.63) is 18.7 Å². The van der Waals surface area contributed by atoms with Gasteiger partial charge in [0.25, 0.3) is 0 Å². The van der Waals surface area contributed by atoms with E-state index in [1.807, 2.05) is 6.92 Å². The summed E-state index contributed by atoms with van der Waals surface area (Å²) < 4.78 is 0. The molecule has 0 atom stereocenters. The second-order valence-corrected chi connectivity index (χ2v) is 2.72. The number of hydrogen-bond acceptors (Lipinski definition) is 1. The second kappa shape index (κ2) is 2.90. The van der Waals surface area contributed by atoms with E-state index in [-0.39, 0.29) is 0 Å². The zero-order valence-corrected chi connectivity index (χ0v) is 6.06. The Labute approximate surface area is 57.4 Å². The van der Waals surface area contributed by atoms with Crippen LogP contribution in [0, 0.1) is 6.92 Å². The molecular formula is C8H14N. The first-order chi connectivity index (χ1) is 4.29. The van der Waals surface area contributed by atoms with E-state index < -0.39 is 0 Å². The van der Waals surface area contributed by atoms with Crippen LogP contribution in [0.25, 0.3) is 0 Å². The first-order valence-electron chi connectivity index (χ1n) is 3.53. The van der Waals surface area contributed by atoms with Crippen LogP contribution in [0.2, 0.25) is 0 Å². The molecule has 9 heavy (non-hydrogen) atoms. The molecule has 0 aromatic rings. The Morgan fingerprint density at radius 3 is 2.44 bits per heavy atom. The van der Waals surface area contributed by atoms with Gasteiger partial charge in [0, 0.05) is 13.1 Å². The normalized spacial score (nSPS) is 21.1. The summed E-state index contributed by atoms with van der Waals surface area (Å²) in [5.41, 5.74) is 1.16. The SMILES string of the molecule is [CH2]C(C)=CN1CCCC1. The Morgan fingerprint density at radius 2 is 2.00 bits per heavy atom. The largest absolute Gasteiger partial charge is 0.377 e. The van der Waals surface area contributed by atoms with Crippen molar-refractivity contribution >= 4 is 0 Å². The van der Waals surface area contributed by atoms with Gasteiger partial charge in [-0.05, 0) is 32.9 Å². The third-order valence-electron chi connectivity index (χ3n) is 1.54. The van der Waals surface area contributed by atoms with E-state index in [0.717, 1.165) is 5.57 Å². The average molecular weight is 124 g/mol. The summed E-state index contributed by atoms with van der Waals surface area (Å²) in [4.78, 5) is 2.34. The van der Waals surface area contributed by atoms with Crippen molar-refractivity contribution in [2.24, 2.45) is 0 Å². The lowest BCUT2D eigenvalue weighted by molar-refractivity contribution is 0.465. The minimum atomic E-state index is 1.16. The molecule has 1 heteroatoms. The summed E-state index contributed by atoms with van der Waals surface area (Å²) in [6.07, 6.45) is 4.85. The summed E-state index contributed by atoms with van der Waals surface area (Å²) >= 11 is 0. The Bertz CT molecular complexity index is 106. The highest BCUT2D eigenvalue weighted by Gasteiger charge is 2.05. The van der Waals surface area contributed by atoms with Crippen LogP contribution in [0.1, 0.15) is 19.8 Å². The molecule has 1 nitrogen and oxygen atoms in total. The van der Waals surface area contributed by atoms with Crippen molar-refractivity contribution in [1.82, 2.24) is 4.90 Å². The Balaban J connectivity index is 2.35. The fourth-order valence-electron chi connectivity index (χ4n) is 1.18. The molecule has 0 aliphatic carbocycles. The van der Waals surface area contributed by atoms with Gasteiger partial charge >= 0.3 is 0 Å². The fraction of sp³-hybridized carbons (Fsp3) is 0.625. The molecule has 0 saturated carbocycles. The molecule has 1 radical (unpaired) electrons. The number of allylic oxidation sites excluding steroid dienone is 1. The van der Waals surface area contributed by atoms with Crippen LogP contribution < -0.4 is 0 Å². The van der Waals surface area contributed by atoms with Crippen LogP contribution in [-0.2, 0) is 0 Å². The van der Waals surface area contributed by atoms with Crippen molar-refractivity contribution < 1.29 is 0 Å². The van der Waals surface area contributed by atoms with Crippen LogP contribution >= 0.6 is 0 Å². The van der Waals surface area contributed by atoms with Crippen LogP contribution in [0.5, 0.6) is 0 Å². The van der Waals surface area contributed by atoms with E-state index in [1.165, 1.54) is 25.9 Å². The van der Waals surface area contributed by atoms with Crippen molar-refractivity contribution in [3.8, 4) is 0 Å². The average Bonchev–Trinajstić information content (AvgIpc) is 2.15. The lowest BCUT2D eigenvalue weighted by Gasteiger charge is -2.10.